The molecular weight excluding hydrogens is 578 g/mol. The summed E-state index contributed by atoms with van der Waals surface area (Å²) in [5.74, 6) is -1.43. The van der Waals surface area contributed by atoms with Gasteiger partial charge in [-0.25, -0.2) is 18.4 Å². The first-order valence-electron chi connectivity index (χ1n) is 14.2. The van der Waals surface area contributed by atoms with Gasteiger partial charge in [0.1, 0.15) is 30.2 Å². The third-order valence-electron chi connectivity index (χ3n) is 7.70. The van der Waals surface area contributed by atoms with Gasteiger partial charge in [0.2, 0.25) is 0 Å². The summed E-state index contributed by atoms with van der Waals surface area (Å²) >= 11 is 5.87. The molecule has 10 heteroatoms. The van der Waals surface area contributed by atoms with Crippen molar-refractivity contribution in [3.63, 3.8) is 0 Å². The SMILES string of the molecule is CC(C)(C)OC(=O)N1C[C@H](F)[C@@H](NC(=O)OCC2c3ccccc3-c3ccccc32)[C@H]1C(=O)CCc1cccc(Cl)c1F. The Kier molecular flexibility index (Phi) is 8.74. The fourth-order valence-electron chi connectivity index (χ4n) is 5.78. The summed E-state index contributed by atoms with van der Waals surface area (Å²) in [7, 11) is 0. The summed E-state index contributed by atoms with van der Waals surface area (Å²) in [5.41, 5.74) is 3.44. The molecule has 1 fully saturated rings. The number of amides is 2. The number of alkyl carbamates (subject to hydrolysis) is 1. The third kappa shape index (κ3) is 6.51. The summed E-state index contributed by atoms with van der Waals surface area (Å²) in [6, 6.07) is 17.4. The quantitative estimate of drug-likeness (QED) is 0.316. The van der Waals surface area contributed by atoms with Crippen LogP contribution in [-0.2, 0) is 20.7 Å². The van der Waals surface area contributed by atoms with E-state index in [4.69, 9.17) is 21.1 Å². The highest BCUT2D eigenvalue weighted by molar-refractivity contribution is 6.30. The van der Waals surface area contributed by atoms with E-state index in [-0.39, 0.29) is 36.0 Å². The molecule has 0 spiro atoms. The minimum Gasteiger partial charge on any atom is -0.449 e. The van der Waals surface area contributed by atoms with Crippen molar-refractivity contribution in [2.24, 2.45) is 0 Å². The first-order chi connectivity index (χ1) is 20.4. The molecule has 3 aromatic carbocycles. The van der Waals surface area contributed by atoms with Crippen LogP contribution in [0.2, 0.25) is 5.02 Å². The topological polar surface area (TPSA) is 84.9 Å². The van der Waals surface area contributed by atoms with Gasteiger partial charge in [-0.15, -0.1) is 0 Å². The standard InChI is InChI=1S/C33H33ClF2N2O5/c1-33(2,3)43-32(41)38-17-26(35)29(30(38)27(39)16-15-19-9-8-14-25(34)28(19)36)37-31(40)42-18-24-22-12-6-4-10-20(22)21-11-5-7-13-23(21)24/h4-14,24,26,29-30H,15-18H2,1-3H3,(H,37,40)/t26-,29+,30+/m0/s1. The molecule has 0 saturated carbocycles. The van der Waals surface area contributed by atoms with E-state index in [9.17, 15) is 18.8 Å². The molecule has 1 heterocycles. The molecule has 2 aliphatic rings. The second-order valence-electron chi connectivity index (χ2n) is 11.8. The van der Waals surface area contributed by atoms with Crippen LogP contribution in [0.1, 0.15) is 49.8 Å². The maximum atomic E-state index is 15.5. The Hall–Kier alpha value is -3.98. The predicted molar refractivity (Wildman–Crippen MR) is 158 cm³/mol. The Morgan fingerprint density at radius 2 is 1.60 bits per heavy atom. The molecule has 5 rings (SSSR count). The van der Waals surface area contributed by atoms with Crippen molar-refractivity contribution in [2.45, 2.75) is 63.4 Å². The number of likely N-dealkylation sites (tertiary alicyclic amines) is 1. The number of aryl methyl sites for hydroxylation is 1. The third-order valence-corrected chi connectivity index (χ3v) is 7.99. The van der Waals surface area contributed by atoms with Gasteiger partial charge in [-0.05, 0) is 61.1 Å². The molecule has 1 aliphatic heterocycles. The van der Waals surface area contributed by atoms with Gasteiger partial charge in [-0.2, -0.15) is 0 Å². The molecule has 0 aromatic heterocycles. The zero-order chi connectivity index (χ0) is 30.9. The number of halogens is 3. The van der Waals surface area contributed by atoms with E-state index in [1.165, 1.54) is 12.1 Å². The number of hydrogen-bond acceptors (Lipinski definition) is 5. The second kappa shape index (κ2) is 12.3. The zero-order valence-electron chi connectivity index (χ0n) is 24.1. The van der Waals surface area contributed by atoms with E-state index in [0.29, 0.717) is 0 Å². The monoisotopic (exact) mass is 610 g/mol. The van der Waals surface area contributed by atoms with Crippen molar-refractivity contribution in [1.29, 1.82) is 0 Å². The molecule has 0 bridgehead atoms. The number of fused-ring (bicyclic) bond motifs is 3. The molecule has 1 N–H and O–H groups in total. The molecule has 2 amide bonds. The van der Waals surface area contributed by atoms with Gasteiger partial charge >= 0.3 is 12.2 Å². The number of alkyl halides is 1. The Bertz CT molecular complexity index is 1500. The van der Waals surface area contributed by atoms with Crippen molar-refractivity contribution in [2.75, 3.05) is 13.2 Å². The van der Waals surface area contributed by atoms with E-state index < -0.39 is 54.2 Å². The fraction of sp³-hybridized carbons (Fsp3) is 0.364. The van der Waals surface area contributed by atoms with E-state index in [0.717, 1.165) is 27.2 Å². The average Bonchev–Trinajstić information content (AvgIpc) is 3.46. The highest BCUT2D eigenvalue weighted by atomic mass is 35.5. The minimum atomic E-state index is -1.77. The number of ketones is 1. The Morgan fingerprint density at radius 3 is 2.23 bits per heavy atom. The Morgan fingerprint density at radius 1 is 0.977 bits per heavy atom. The first-order valence-corrected chi connectivity index (χ1v) is 14.5. The molecule has 226 valence electrons. The second-order valence-corrected chi connectivity index (χ2v) is 12.2. The molecule has 0 radical (unpaired) electrons. The summed E-state index contributed by atoms with van der Waals surface area (Å²) in [5, 5.41) is 2.41. The molecule has 7 nitrogen and oxygen atoms in total. The van der Waals surface area contributed by atoms with Crippen LogP contribution in [0.5, 0.6) is 0 Å². The van der Waals surface area contributed by atoms with Gasteiger partial charge in [0.15, 0.2) is 5.78 Å². The van der Waals surface area contributed by atoms with Gasteiger partial charge in [0.05, 0.1) is 17.6 Å². The van der Waals surface area contributed by atoms with Gasteiger partial charge < -0.3 is 14.8 Å². The summed E-state index contributed by atoms with van der Waals surface area (Å²) in [4.78, 5) is 40.6. The molecule has 1 saturated heterocycles. The number of ether oxygens (including phenoxy) is 2. The molecular formula is C33H33ClF2N2O5. The van der Waals surface area contributed by atoms with Crippen LogP contribution in [0.3, 0.4) is 0 Å². The first kappa shape index (κ1) is 30.5. The van der Waals surface area contributed by atoms with Crippen LogP contribution in [0, 0.1) is 5.82 Å². The van der Waals surface area contributed by atoms with Crippen LogP contribution >= 0.6 is 11.6 Å². The lowest BCUT2D eigenvalue weighted by atomic mass is 9.98. The zero-order valence-corrected chi connectivity index (χ0v) is 24.9. The minimum absolute atomic E-state index is 0.00797. The van der Waals surface area contributed by atoms with Crippen LogP contribution in [0.15, 0.2) is 66.7 Å². The maximum Gasteiger partial charge on any atom is 0.411 e. The summed E-state index contributed by atoms with van der Waals surface area (Å²) in [6.45, 7) is 4.48. The number of hydrogen-bond donors (Lipinski definition) is 1. The average molecular weight is 611 g/mol. The van der Waals surface area contributed by atoms with Crippen LogP contribution < -0.4 is 5.32 Å². The predicted octanol–water partition coefficient (Wildman–Crippen LogP) is 6.85. The highest BCUT2D eigenvalue weighted by Gasteiger charge is 2.50. The fourth-order valence-corrected chi connectivity index (χ4v) is 5.98. The molecule has 43 heavy (non-hydrogen) atoms. The van der Waals surface area contributed by atoms with Gasteiger partial charge in [0, 0.05) is 12.3 Å². The van der Waals surface area contributed by atoms with Crippen molar-refractivity contribution in [3.8, 4) is 11.1 Å². The maximum absolute atomic E-state index is 15.5. The van der Waals surface area contributed by atoms with Crippen LogP contribution in [-0.4, -0.2) is 59.9 Å². The van der Waals surface area contributed by atoms with Gasteiger partial charge in [-0.1, -0.05) is 72.3 Å². The van der Waals surface area contributed by atoms with Crippen molar-refractivity contribution in [1.82, 2.24) is 10.2 Å². The van der Waals surface area contributed by atoms with Gasteiger partial charge in [0.25, 0.3) is 0 Å². The number of carbonyl (C=O) groups is 3. The number of Topliss-reactive ketones (excluding diaryl/α,β-unsaturated/α-hetero) is 1. The highest BCUT2D eigenvalue weighted by Crippen LogP contribution is 2.44. The lowest BCUT2D eigenvalue weighted by Crippen LogP contribution is -2.53. The lowest BCUT2D eigenvalue weighted by molar-refractivity contribution is -0.123. The van der Waals surface area contributed by atoms with Gasteiger partial charge in [-0.3, -0.25) is 9.69 Å². The molecule has 0 unspecified atom stereocenters. The van der Waals surface area contributed by atoms with Crippen LogP contribution in [0.4, 0.5) is 18.4 Å². The van der Waals surface area contributed by atoms with E-state index in [1.54, 1.807) is 26.8 Å². The van der Waals surface area contributed by atoms with Crippen molar-refractivity contribution >= 4 is 29.6 Å². The normalized spacial score (nSPS) is 19.5. The number of benzene rings is 3. The number of rotatable bonds is 7. The Balaban J connectivity index is 1.31. The number of carbonyl (C=O) groups excluding carboxylic acids is 3. The molecule has 3 atom stereocenters. The largest absolute Gasteiger partial charge is 0.449 e. The molecule has 3 aromatic rings. The number of nitrogens with one attached hydrogen (secondary N) is 1. The van der Waals surface area contributed by atoms with E-state index in [1.807, 2.05) is 48.5 Å². The molecule has 1 aliphatic carbocycles. The van der Waals surface area contributed by atoms with Crippen molar-refractivity contribution in [3.05, 3.63) is 94.3 Å². The van der Waals surface area contributed by atoms with Crippen LogP contribution in [0.25, 0.3) is 11.1 Å². The van der Waals surface area contributed by atoms with E-state index >= 15 is 4.39 Å². The summed E-state index contributed by atoms with van der Waals surface area (Å²) < 4.78 is 41.0. The smallest absolute Gasteiger partial charge is 0.411 e. The van der Waals surface area contributed by atoms with Crippen molar-refractivity contribution < 1.29 is 32.6 Å². The lowest BCUT2D eigenvalue weighted by Gasteiger charge is -2.29. The van der Waals surface area contributed by atoms with E-state index in [2.05, 4.69) is 5.32 Å². The number of nitrogens with zero attached hydrogens (tertiary/aromatic N) is 1. The Labute approximate surface area is 254 Å². The summed E-state index contributed by atoms with van der Waals surface area (Å²) in [6.07, 6.45) is -3.83.